The molecule has 134 valence electrons. The SMILES string of the molecule is COc1ccc2cc(C)c(SCC(=O)N3C(C)CCCC3C)nc2c1. The Balaban J connectivity index is 1.75. The van der Waals surface area contributed by atoms with Gasteiger partial charge in [0.1, 0.15) is 10.8 Å². The van der Waals surface area contributed by atoms with Crippen LogP contribution in [0, 0.1) is 6.92 Å². The van der Waals surface area contributed by atoms with Crippen molar-refractivity contribution in [1.29, 1.82) is 0 Å². The average Bonchev–Trinajstić information content (AvgIpc) is 2.59. The van der Waals surface area contributed by atoms with Gasteiger partial charge in [-0.2, -0.15) is 0 Å². The molecule has 1 aromatic carbocycles. The molecule has 1 amide bonds. The van der Waals surface area contributed by atoms with Crippen molar-refractivity contribution in [3.63, 3.8) is 0 Å². The number of aryl methyl sites for hydroxylation is 1. The Bertz CT molecular complexity index is 768. The molecule has 0 aliphatic carbocycles. The Morgan fingerprint density at radius 2 is 2.00 bits per heavy atom. The van der Waals surface area contributed by atoms with Crippen molar-refractivity contribution in [3.05, 3.63) is 29.8 Å². The summed E-state index contributed by atoms with van der Waals surface area (Å²) < 4.78 is 5.29. The van der Waals surface area contributed by atoms with E-state index in [-0.39, 0.29) is 5.91 Å². The van der Waals surface area contributed by atoms with Crippen LogP contribution in [-0.2, 0) is 4.79 Å². The number of piperidine rings is 1. The highest BCUT2D eigenvalue weighted by atomic mass is 32.2. The maximum Gasteiger partial charge on any atom is 0.233 e. The Morgan fingerprint density at radius 1 is 1.28 bits per heavy atom. The number of methoxy groups -OCH3 is 1. The fraction of sp³-hybridized carbons (Fsp3) is 0.500. The lowest BCUT2D eigenvalue weighted by Gasteiger charge is -2.39. The zero-order chi connectivity index (χ0) is 18.0. The van der Waals surface area contributed by atoms with Crippen molar-refractivity contribution in [2.24, 2.45) is 0 Å². The number of nitrogens with zero attached hydrogens (tertiary/aromatic N) is 2. The molecule has 2 unspecified atom stereocenters. The van der Waals surface area contributed by atoms with Gasteiger partial charge in [-0.1, -0.05) is 11.8 Å². The number of carbonyl (C=O) groups is 1. The number of thioether (sulfide) groups is 1. The summed E-state index contributed by atoms with van der Waals surface area (Å²) in [7, 11) is 1.66. The van der Waals surface area contributed by atoms with Gasteiger partial charge in [-0.25, -0.2) is 4.98 Å². The molecule has 0 saturated carbocycles. The predicted octanol–water partition coefficient (Wildman–Crippen LogP) is 4.43. The van der Waals surface area contributed by atoms with E-state index in [0.29, 0.717) is 17.8 Å². The number of hydrogen-bond donors (Lipinski definition) is 0. The van der Waals surface area contributed by atoms with Gasteiger partial charge in [0.25, 0.3) is 0 Å². The molecule has 2 aromatic rings. The lowest BCUT2D eigenvalue weighted by molar-refractivity contribution is -0.134. The highest BCUT2D eigenvalue weighted by Crippen LogP contribution is 2.28. The van der Waals surface area contributed by atoms with E-state index in [1.165, 1.54) is 18.2 Å². The zero-order valence-corrected chi connectivity index (χ0v) is 16.2. The molecule has 1 aliphatic rings. The molecule has 2 atom stereocenters. The number of aromatic nitrogens is 1. The molecule has 1 saturated heterocycles. The third kappa shape index (κ3) is 3.92. The largest absolute Gasteiger partial charge is 0.497 e. The Morgan fingerprint density at radius 3 is 2.68 bits per heavy atom. The van der Waals surface area contributed by atoms with Crippen LogP contribution in [0.25, 0.3) is 10.9 Å². The highest BCUT2D eigenvalue weighted by Gasteiger charge is 2.28. The molecule has 1 aliphatic heterocycles. The molecule has 0 radical (unpaired) electrons. The van der Waals surface area contributed by atoms with E-state index in [1.807, 2.05) is 18.2 Å². The summed E-state index contributed by atoms with van der Waals surface area (Å²) in [6.07, 6.45) is 3.42. The van der Waals surface area contributed by atoms with Gasteiger partial charge in [0.05, 0.1) is 18.4 Å². The number of hydrogen-bond acceptors (Lipinski definition) is 4. The van der Waals surface area contributed by atoms with E-state index in [1.54, 1.807) is 7.11 Å². The van der Waals surface area contributed by atoms with Crippen molar-refractivity contribution in [2.75, 3.05) is 12.9 Å². The number of pyridine rings is 1. The zero-order valence-electron chi connectivity index (χ0n) is 15.4. The summed E-state index contributed by atoms with van der Waals surface area (Å²) in [5.74, 6) is 1.46. The molecule has 0 bridgehead atoms. The maximum absolute atomic E-state index is 12.7. The van der Waals surface area contributed by atoms with Crippen molar-refractivity contribution >= 4 is 28.6 Å². The van der Waals surface area contributed by atoms with Crippen LogP contribution >= 0.6 is 11.8 Å². The molecule has 1 aromatic heterocycles. The minimum Gasteiger partial charge on any atom is -0.497 e. The lowest BCUT2D eigenvalue weighted by atomic mass is 9.98. The number of fused-ring (bicyclic) bond motifs is 1. The lowest BCUT2D eigenvalue weighted by Crippen LogP contribution is -2.48. The molecule has 0 spiro atoms. The summed E-state index contributed by atoms with van der Waals surface area (Å²) in [6, 6.07) is 8.71. The summed E-state index contributed by atoms with van der Waals surface area (Å²) in [6.45, 7) is 6.36. The molecule has 0 N–H and O–H groups in total. The number of carbonyl (C=O) groups excluding carboxylic acids is 1. The Labute approximate surface area is 153 Å². The predicted molar refractivity (Wildman–Crippen MR) is 103 cm³/mol. The van der Waals surface area contributed by atoms with E-state index in [0.717, 1.165) is 40.1 Å². The number of benzene rings is 1. The van der Waals surface area contributed by atoms with Gasteiger partial charge in [-0.05, 0) is 63.8 Å². The van der Waals surface area contributed by atoms with Crippen molar-refractivity contribution in [1.82, 2.24) is 9.88 Å². The topological polar surface area (TPSA) is 42.4 Å². The fourth-order valence-electron chi connectivity index (χ4n) is 3.63. The molecule has 5 heteroatoms. The second-order valence-electron chi connectivity index (χ2n) is 6.89. The number of rotatable bonds is 4. The Kier molecular flexibility index (Phi) is 5.52. The van der Waals surface area contributed by atoms with Crippen LogP contribution in [0.5, 0.6) is 5.75 Å². The van der Waals surface area contributed by atoms with Gasteiger partial charge in [0.15, 0.2) is 0 Å². The van der Waals surface area contributed by atoms with Crippen LogP contribution in [0.3, 0.4) is 0 Å². The molecule has 4 nitrogen and oxygen atoms in total. The van der Waals surface area contributed by atoms with Gasteiger partial charge in [0, 0.05) is 23.5 Å². The van der Waals surface area contributed by atoms with E-state index in [4.69, 9.17) is 9.72 Å². The molecule has 2 heterocycles. The molecule has 25 heavy (non-hydrogen) atoms. The van der Waals surface area contributed by atoms with Crippen molar-refractivity contribution < 1.29 is 9.53 Å². The number of likely N-dealkylation sites (tertiary alicyclic amines) is 1. The van der Waals surface area contributed by atoms with E-state index in [2.05, 4.69) is 31.7 Å². The van der Waals surface area contributed by atoms with Crippen LogP contribution in [0.2, 0.25) is 0 Å². The third-order valence-electron chi connectivity index (χ3n) is 4.98. The quantitative estimate of drug-likeness (QED) is 0.758. The van der Waals surface area contributed by atoms with Crippen LogP contribution < -0.4 is 4.74 Å². The van der Waals surface area contributed by atoms with E-state index in [9.17, 15) is 4.79 Å². The molecule has 1 fully saturated rings. The highest BCUT2D eigenvalue weighted by molar-refractivity contribution is 7.99. The monoisotopic (exact) mass is 358 g/mol. The van der Waals surface area contributed by atoms with Crippen LogP contribution in [-0.4, -0.2) is 40.7 Å². The van der Waals surface area contributed by atoms with Gasteiger partial charge in [-0.15, -0.1) is 0 Å². The average molecular weight is 359 g/mol. The van der Waals surface area contributed by atoms with Crippen LogP contribution in [0.4, 0.5) is 0 Å². The number of ether oxygens (including phenoxy) is 1. The first-order valence-electron chi connectivity index (χ1n) is 8.89. The summed E-state index contributed by atoms with van der Waals surface area (Å²) in [5, 5.41) is 2.01. The van der Waals surface area contributed by atoms with Crippen molar-refractivity contribution in [2.45, 2.75) is 57.1 Å². The van der Waals surface area contributed by atoms with E-state index < -0.39 is 0 Å². The minimum atomic E-state index is 0.219. The van der Waals surface area contributed by atoms with Crippen molar-refractivity contribution in [3.8, 4) is 5.75 Å². The summed E-state index contributed by atoms with van der Waals surface area (Å²) >= 11 is 1.54. The van der Waals surface area contributed by atoms with E-state index >= 15 is 0 Å². The third-order valence-corrected chi connectivity index (χ3v) is 6.06. The Hall–Kier alpha value is -1.75. The van der Waals surface area contributed by atoms with Crippen LogP contribution in [0.1, 0.15) is 38.7 Å². The standard InChI is InChI=1S/C20H26N2O2S/c1-13-10-16-8-9-17(24-4)11-18(16)21-20(13)25-12-19(23)22-14(2)6-5-7-15(22)3/h8-11,14-15H,5-7,12H2,1-4H3. The molecule has 3 rings (SSSR count). The smallest absolute Gasteiger partial charge is 0.233 e. The van der Waals surface area contributed by atoms with Crippen LogP contribution in [0.15, 0.2) is 29.3 Å². The first kappa shape index (κ1) is 18.1. The number of amides is 1. The fourth-order valence-corrected chi connectivity index (χ4v) is 4.48. The summed E-state index contributed by atoms with van der Waals surface area (Å²) in [4.78, 5) is 19.5. The second kappa shape index (κ2) is 7.65. The maximum atomic E-state index is 12.7. The van der Waals surface area contributed by atoms with Gasteiger partial charge in [-0.3, -0.25) is 4.79 Å². The normalized spacial score (nSPS) is 20.7. The molecular weight excluding hydrogens is 332 g/mol. The summed E-state index contributed by atoms with van der Waals surface area (Å²) in [5.41, 5.74) is 2.01. The van der Waals surface area contributed by atoms with Gasteiger partial charge >= 0.3 is 0 Å². The molecular formula is C20H26N2O2S. The second-order valence-corrected chi connectivity index (χ2v) is 7.85. The minimum absolute atomic E-state index is 0.219. The van der Waals surface area contributed by atoms with Gasteiger partial charge in [0.2, 0.25) is 5.91 Å². The first-order chi connectivity index (χ1) is 12.0. The first-order valence-corrected chi connectivity index (χ1v) is 9.87. The van der Waals surface area contributed by atoms with Gasteiger partial charge < -0.3 is 9.64 Å².